The Morgan fingerprint density at radius 2 is 1.93 bits per heavy atom. The molecule has 2 aromatic rings. The number of ether oxygens (including phenoxy) is 2. The minimum Gasteiger partial charge on any atom is -0.493 e. The molecule has 2 amide bonds. The van der Waals surface area contributed by atoms with Crippen molar-refractivity contribution in [3.63, 3.8) is 0 Å². The molecule has 0 fully saturated rings. The summed E-state index contributed by atoms with van der Waals surface area (Å²) in [6, 6.07) is 7.85. The Morgan fingerprint density at radius 1 is 1.20 bits per heavy atom. The van der Waals surface area contributed by atoms with E-state index in [1.165, 1.54) is 38.3 Å². The van der Waals surface area contributed by atoms with Crippen LogP contribution in [0.3, 0.4) is 0 Å². The average molecular weight is 670 g/mol. The summed E-state index contributed by atoms with van der Waals surface area (Å²) in [5, 5.41) is 32.8. The molecule has 216 valence electrons. The lowest BCUT2D eigenvalue weighted by atomic mass is 9.87. The molecule has 0 aliphatic heterocycles. The van der Waals surface area contributed by atoms with Gasteiger partial charge in [0.15, 0.2) is 11.5 Å². The summed E-state index contributed by atoms with van der Waals surface area (Å²) in [4.78, 5) is 39.9. The molecule has 0 saturated carbocycles. The Labute approximate surface area is 244 Å². The van der Waals surface area contributed by atoms with Crippen LogP contribution < -0.4 is 14.8 Å². The minimum atomic E-state index is -1.44. The van der Waals surface area contributed by atoms with Crippen molar-refractivity contribution >= 4 is 40.2 Å². The highest BCUT2D eigenvalue weighted by atomic mass is 127. The Hall–Kier alpha value is -3.07. The quantitative estimate of drug-likeness (QED) is 0.198. The zero-order valence-electron chi connectivity index (χ0n) is 22.1. The van der Waals surface area contributed by atoms with Gasteiger partial charge < -0.3 is 35.0 Å². The smallest absolute Gasteiger partial charge is 0.290 e. The molecule has 0 spiro atoms. The number of aliphatic hydroxyl groups is 3. The van der Waals surface area contributed by atoms with Gasteiger partial charge in [0.2, 0.25) is 11.7 Å². The molecule has 10 nitrogen and oxygen atoms in total. The molecule has 0 bridgehead atoms. The van der Waals surface area contributed by atoms with Crippen molar-refractivity contribution in [2.75, 3.05) is 20.3 Å². The molecule has 0 saturated heterocycles. The maximum absolute atomic E-state index is 14.6. The van der Waals surface area contributed by atoms with E-state index in [1.54, 1.807) is 18.2 Å². The Bertz CT molecular complexity index is 1270. The van der Waals surface area contributed by atoms with E-state index < -0.39 is 41.7 Å². The van der Waals surface area contributed by atoms with Gasteiger partial charge in [0, 0.05) is 37.1 Å². The third-order valence-electron chi connectivity index (χ3n) is 6.46. The number of nitrogens with one attached hydrogen (secondary N) is 1. The van der Waals surface area contributed by atoms with Crippen LogP contribution in [0.2, 0.25) is 0 Å². The molecular formula is C28H32FIN2O8. The van der Waals surface area contributed by atoms with Crippen molar-refractivity contribution in [2.45, 2.75) is 51.2 Å². The van der Waals surface area contributed by atoms with Crippen LogP contribution in [0.15, 0.2) is 48.0 Å². The van der Waals surface area contributed by atoms with E-state index >= 15 is 0 Å². The molecule has 0 heterocycles. The predicted octanol–water partition coefficient (Wildman–Crippen LogP) is 1.85. The van der Waals surface area contributed by atoms with Gasteiger partial charge in [0.05, 0.1) is 29.9 Å². The molecule has 3 rings (SSSR count). The first-order valence-corrected chi connectivity index (χ1v) is 13.7. The molecule has 1 aliphatic carbocycles. The zero-order chi connectivity index (χ0) is 29.4. The number of carbonyl (C=O) groups is 3. The van der Waals surface area contributed by atoms with Gasteiger partial charge in [-0.05, 0) is 52.4 Å². The number of benzene rings is 2. The highest BCUT2D eigenvalue weighted by Crippen LogP contribution is 2.37. The summed E-state index contributed by atoms with van der Waals surface area (Å²) in [5.41, 5.74) is 0.834. The molecule has 12 heteroatoms. The summed E-state index contributed by atoms with van der Waals surface area (Å²) in [6.07, 6.45) is -1.48. The second kappa shape index (κ2) is 14.5. The molecule has 3 atom stereocenters. The van der Waals surface area contributed by atoms with Crippen molar-refractivity contribution in [1.29, 1.82) is 0 Å². The molecule has 0 radical (unpaired) electrons. The lowest BCUT2D eigenvalue weighted by Crippen LogP contribution is -2.56. The summed E-state index contributed by atoms with van der Waals surface area (Å²) in [6.45, 7) is 0.607. The normalized spacial score (nSPS) is 18.5. The Balaban J connectivity index is 2.08. The van der Waals surface area contributed by atoms with E-state index in [0.29, 0.717) is 9.13 Å². The molecule has 3 unspecified atom stereocenters. The van der Waals surface area contributed by atoms with Gasteiger partial charge in [0.25, 0.3) is 5.91 Å². The molecular weight excluding hydrogens is 638 g/mol. The topological polar surface area (TPSA) is 146 Å². The lowest BCUT2D eigenvalue weighted by Gasteiger charge is -2.40. The zero-order valence-corrected chi connectivity index (χ0v) is 24.3. The molecule has 2 aromatic carbocycles. The van der Waals surface area contributed by atoms with E-state index in [4.69, 9.17) is 14.6 Å². The van der Waals surface area contributed by atoms with Crippen LogP contribution in [-0.2, 0) is 27.5 Å². The first kappa shape index (κ1) is 31.5. The van der Waals surface area contributed by atoms with Crippen molar-refractivity contribution in [3.8, 4) is 11.5 Å². The van der Waals surface area contributed by atoms with Crippen LogP contribution >= 0.6 is 22.6 Å². The number of hydrogen-bond acceptors (Lipinski definition) is 8. The summed E-state index contributed by atoms with van der Waals surface area (Å²) in [5.74, 6) is -2.32. The van der Waals surface area contributed by atoms with E-state index in [1.807, 2.05) is 22.6 Å². The van der Waals surface area contributed by atoms with Crippen molar-refractivity contribution in [1.82, 2.24) is 10.2 Å². The first-order chi connectivity index (χ1) is 19.1. The molecule has 1 aliphatic rings. The number of carbonyl (C=O) groups excluding carboxylic acids is 3. The van der Waals surface area contributed by atoms with E-state index in [0.717, 1.165) is 4.90 Å². The van der Waals surface area contributed by atoms with E-state index in [9.17, 15) is 29.0 Å². The number of rotatable bonds is 12. The molecule has 40 heavy (non-hydrogen) atoms. The standard InChI is InChI=1S/C28H32FIN2O8/c1-3-22(35)28(38)32(14-17-6-4-5-7-19(17)29)21-12-18(27(37)31-8-9-33)13-23(25(21)36)40-26-20(30)10-16(15-34)11-24(26)39-2/h4-7,10-11,13,21,23,25,33-34,36H,3,8-9,12,14-15H2,1-2H3,(H,31,37). The number of halogens is 2. The van der Waals surface area contributed by atoms with Crippen LogP contribution in [0.5, 0.6) is 11.5 Å². The van der Waals surface area contributed by atoms with Crippen molar-refractivity contribution < 1.29 is 43.6 Å². The van der Waals surface area contributed by atoms with Gasteiger partial charge in [-0.25, -0.2) is 4.39 Å². The fourth-order valence-corrected chi connectivity index (χ4v) is 5.15. The van der Waals surface area contributed by atoms with Crippen LogP contribution in [0.25, 0.3) is 0 Å². The predicted molar refractivity (Wildman–Crippen MR) is 151 cm³/mol. The third kappa shape index (κ3) is 7.36. The number of amides is 2. The number of Topliss-reactive ketones (excluding diaryl/α,β-unsaturated/α-hetero) is 1. The molecule has 0 aromatic heterocycles. The minimum absolute atomic E-state index is 0.0323. The first-order valence-electron chi connectivity index (χ1n) is 12.6. The SMILES string of the molecule is CCC(=O)C(=O)N(Cc1ccccc1F)C1CC(C(=O)NCCO)=CC(Oc2c(I)cc(CO)cc2OC)C1O. The fraction of sp³-hybridized carbons (Fsp3) is 0.393. The number of ketones is 1. The van der Waals surface area contributed by atoms with E-state index in [-0.39, 0.29) is 61.8 Å². The van der Waals surface area contributed by atoms with Gasteiger partial charge in [-0.15, -0.1) is 0 Å². The van der Waals surface area contributed by atoms with Crippen LogP contribution in [0.4, 0.5) is 4.39 Å². The van der Waals surface area contributed by atoms with E-state index in [2.05, 4.69) is 5.32 Å². The summed E-state index contributed by atoms with van der Waals surface area (Å²) in [7, 11) is 1.41. The van der Waals surface area contributed by atoms with Gasteiger partial charge in [-0.3, -0.25) is 14.4 Å². The van der Waals surface area contributed by atoms with Crippen molar-refractivity contribution in [3.05, 3.63) is 68.6 Å². The number of methoxy groups -OCH3 is 1. The number of hydrogen-bond donors (Lipinski definition) is 4. The maximum Gasteiger partial charge on any atom is 0.290 e. The second-order valence-corrected chi connectivity index (χ2v) is 10.2. The van der Waals surface area contributed by atoms with Gasteiger partial charge >= 0.3 is 0 Å². The summed E-state index contributed by atoms with van der Waals surface area (Å²) >= 11 is 1.98. The van der Waals surface area contributed by atoms with Crippen LogP contribution in [0, 0.1) is 9.39 Å². The van der Waals surface area contributed by atoms with Gasteiger partial charge in [-0.2, -0.15) is 0 Å². The average Bonchev–Trinajstić information content (AvgIpc) is 2.96. The lowest BCUT2D eigenvalue weighted by molar-refractivity contribution is -0.149. The van der Waals surface area contributed by atoms with Gasteiger partial charge in [0.1, 0.15) is 18.0 Å². The highest BCUT2D eigenvalue weighted by Gasteiger charge is 2.42. The molecule has 4 N–H and O–H groups in total. The Kier molecular flexibility index (Phi) is 11.4. The monoisotopic (exact) mass is 670 g/mol. The largest absolute Gasteiger partial charge is 0.493 e. The third-order valence-corrected chi connectivity index (χ3v) is 7.26. The maximum atomic E-state index is 14.6. The number of nitrogens with zero attached hydrogens (tertiary/aromatic N) is 1. The highest BCUT2D eigenvalue weighted by molar-refractivity contribution is 14.1. The second-order valence-electron chi connectivity index (χ2n) is 9.08. The van der Waals surface area contributed by atoms with Crippen molar-refractivity contribution in [2.24, 2.45) is 0 Å². The number of aliphatic hydroxyl groups excluding tert-OH is 3. The van der Waals surface area contributed by atoms with Crippen LogP contribution in [-0.4, -0.2) is 76.3 Å². The fourth-order valence-electron chi connectivity index (χ4n) is 4.36. The van der Waals surface area contributed by atoms with Crippen LogP contribution in [0.1, 0.15) is 30.9 Å². The van der Waals surface area contributed by atoms with Gasteiger partial charge in [-0.1, -0.05) is 25.1 Å². The summed E-state index contributed by atoms with van der Waals surface area (Å²) < 4.78 is 26.7. The Morgan fingerprint density at radius 3 is 2.55 bits per heavy atom.